The summed E-state index contributed by atoms with van der Waals surface area (Å²) in [7, 11) is 3.50. The molecule has 1 aromatic heterocycles. The second-order valence-corrected chi connectivity index (χ2v) is 5.14. The second kappa shape index (κ2) is 5.88. The molecule has 7 nitrogen and oxygen atoms in total. The summed E-state index contributed by atoms with van der Waals surface area (Å²) in [6.45, 7) is 0. The third-order valence-corrected chi connectivity index (χ3v) is 3.36. The molecule has 7 heteroatoms. The fourth-order valence-electron chi connectivity index (χ4n) is 2.23. The van der Waals surface area contributed by atoms with Gasteiger partial charge in [-0.15, -0.1) is 0 Å². The number of benzene rings is 2. The molecule has 0 aliphatic rings. The highest BCUT2D eigenvalue weighted by Gasteiger charge is 2.19. The lowest BCUT2D eigenvalue weighted by Crippen LogP contribution is -2.10. The maximum Gasteiger partial charge on any atom is 0.293 e. The third-order valence-electron chi connectivity index (χ3n) is 3.36. The van der Waals surface area contributed by atoms with Gasteiger partial charge < -0.3 is 9.42 Å². The van der Waals surface area contributed by atoms with E-state index in [1.54, 1.807) is 31.1 Å². The van der Waals surface area contributed by atoms with Crippen molar-refractivity contribution in [2.45, 2.75) is 0 Å². The molecular formula is C16H14N4O3. The largest absolute Gasteiger partial charge is 0.372 e. The molecule has 0 bridgehead atoms. The Balaban J connectivity index is 2.01. The molecule has 0 fully saturated rings. The van der Waals surface area contributed by atoms with Gasteiger partial charge in [0.1, 0.15) is 5.69 Å². The first-order valence-corrected chi connectivity index (χ1v) is 6.91. The van der Waals surface area contributed by atoms with E-state index in [0.29, 0.717) is 17.1 Å². The van der Waals surface area contributed by atoms with Crippen LogP contribution in [0.4, 0.5) is 11.4 Å². The highest BCUT2D eigenvalue weighted by Crippen LogP contribution is 2.32. The van der Waals surface area contributed by atoms with Gasteiger partial charge in [0.2, 0.25) is 5.82 Å². The van der Waals surface area contributed by atoms with Crippen LogP contribution in [0.25, 0.3) is 22.8 Å². The topological polar surface area (TPSA) is 85.3 Å². The van der Waals surface area contributed by atoms with E-state index in [1.165, 1.54) is 6.07 Å². The Bertz CT molecular complexity index is 844. The van der Waals surface area contributed by atoms with Crippen LogP contribution in [0.3, 0.4) is 0 Å². The van der Waals surface area contributed by atoms with Gasteiger partial charge in [-0.2, -0.15) is 4.98 Å². The van der Waals surface area contributed by atoms with Gasteiger partial charge in [-0.3, -0.25) is 10.1 Å². The zero-order chi connectivity index (χ0) is 16.4. The first kappa shape index (κ1) is 14.7. The van der Waals surface area contributed by atoms with Crippen molar-refractivity contribution < 1.29 is 9.45 Å². The van der Waals surface area contributed by atoms with Crippen LogP contribution in [0, 0.1) is 10.1 Å². The zero-order valence-corrected chi connectivity index (χ0v) is 12.6. The number of hydrogen-bond acceptors (Lipinski definition) is 6. The number of nitro groups is 1. The molecular weight excluding hydrogens is 296 g/mol. The Hall–Kier alpha value is -3.22. The highest BCUT2D eigenvalue weighted by atomic mass is 16.6. The van der Waals surface area contributed by atoms with E-state index in [9.17, 15) is 10.1 Å². The monoisotopic (exact) mass is 310 g/mol. The van der Waals surface area contributed by atoms with Crippen molar-refractivity contribution in [2.24, 2.45) is 0 Å². The molecule has 23 heavy (non-hydrogen) atoms. The highest BCUT2D eigenvalue weighted by molar-refractivity contribution is 5.71. The molecule has 0 saturated carbocycles. The maximum atomic E-state index is 11.2. The third kappa shape index (κ3) is 2.89. The molecule has 0 saturated heterocycles. The minimum atomic E-state index is -0.423. The smallest absolute Gasteiger partial charge is 0.293 e. The number of anilines is 1. The summed E-state index contributed by atoms with van der Waals surface area (Å²) in [6, 6.07) is 14.2. The molecule has 0 atom stereocenters. The van der Waals surface area contributed by atoms with E-state index in [1.807, 2.05) is 30.3 Å². The molecule has 3 rings (SSSR count). The summed E-state index contributed by atoms with van der Waals surface area (Å²) in [6.07, 6.45) is 0. The lowest BCUT2D eigenvalue weighted by molar-refractivity contribution is -0.384. The summed E-state index contributed by atoms with van der Waals surface area (Å²) in [5.41, 5.74) is 1.84. The average Bonchev–Trinajstić information content (AvgIpc) is 3.05. The minimum Gasteiger partial charge on any atom is -0.372 e. The van der Waals surface area contributed by atoms with Gasteiger partial charge in [-0.25, -0.2) is 0 Å². The summed E-state index contributed by atoms with van der Waals surface area (Å²) in [5.74, 6) is 0.692. The van der Waals surface area contributed by atoms with Crippen LogP contribution in [0.2, 0.25) is 0 Å². The number of aromatic nitrogens is 2. The van der Waals surface area contributed by atoms with Gasteiger partial charge in [0, 0.05) is 31.3 Å². The van der Waals surface area contributed by atoms with E-state index in [4.69, 9.17) is 4.52 Å². The minimum absolute atomic E-state index is 0.00744. The van der Waals surface area contributed by atoms with Crippen LogP contribution < -0.4 is 4.90 Å². The number of rotatable bonds is 4. The quantitative estimate of drug-likeness (QED) is 0.542. The Morgan fingerprint density at radius 3 is 2.48 bits per heavy atom. The fourth-order valence-corrected chi connectivity index (χ4v) is 2.23. The molecule has 1 heterocycles. The average molecular weight is 310 g/mol. The van der Waals surface area contributed by atoms with E-state index in [2.05, 4.69) is 10.1 Å². The molecule has 0 N–H and O–H groups in total. The zero-order valence-electron chi connectivity index (χ0n) is 12.6. The molecule has 0 aliphatic carbocycles. The Kier molecular flexibility index (Phi) is 3.76. The van der Waals surface area contributed by atoms with Gasteiger partial charge >= 0.3 is 0 Å². The predicted octanol–water partition coefficient (Wildman–Crippen LogP) is 3.38. The lowest BCUT2D eigenvalue weighted by atomic mass is 10.1. The van der Waals surface area contributed by atoms with E-state index in [0.717, 1.165) is 5.56 Å². The summed E-state index contributed by atoms with van der Waals surface area (Å²) >= 11 is 0. The molecule has 0 spiro atoms. The maximum absolute atomic E-state index is 11.2. The van der Waals surface area contributed by atoms with Gasteiger partial charge in [0.05, 0.1) is 4.92 Å². The Morgan fingerprint density at radius 2 is 1.83 bits per heavy atom. The van der Waals surface area contributed by atoms with Crippen molar-refractivity contribution in [1.82, 2.24) is 10.1 Å². The summed E-state index contributed by atoms with van der Waals surface area (Å²) in [4.78, 5) is 16.8. The number of hydrogen-bond donors (Lipinski definition) is 0. The van der Waals surface area contributed by atoms with Crippen LogP contribution in [0.1, 0.15) is 0 Å². The Morgan fingerprint density at radius 1 is 1.09 bits per heavy atom. The van der Waals surface area contributed by atoms with E-state index >= 15 is 0 Å². The summed E-state index contributed by atoms with van der Waals surface area (Å²) < 4.78 is 5.24. The van der Waals surface area contributed by atoms with Gasteiger partial charge in [0.25, 0.3) is 11.6 Å². The second-order valence-electron chi connectivity index (χ2n) is 5.14. The van der Waals surface area contributed by atoms with Gasteiger partial charge in [0.15, 0.2) is 0 Å². The predicted molar refractivity (Wildman–Crippen MR) is 86.2 cm³/mol. The first-order valence-electron chi connectivity index (χ1n) is 6.91. The van der Waals surface area contributed by atoms with Crippen molar-refractivity contribution in [2.75, 3.05) is 19.0 Å². The molecule has 0 amide bonds. The van der Waals surface area contributed by atoms with Crippen molar-refractivity contribution in [3.8, 4) is 22.8 Å². The van der Waals surface area contributed by atoms with Gasteiger partial charge in [-0.05, 0) is 12.1 Å². The van der Waals surface area contributed by atoms with Crippen LogP contribution in [0.15, 0.2) is 53.1 Å². The van der Waals surface area contributed by atoms with E-state index in [-0.39, 0.29) is 11.6 Å². The van der Waals surface area contributed by atoms with Crippen LogP contribution >= 0.6 is 0 Å². The van der Waals surface area contributed by atoms with Crippen molar-refractivity contribution in [1.29, 1.82) is 0 Å². The Labute approximate surface area is 132 Å². The van der Waals surface area contributed by atoms with Crippen molar-refractivity contribution in [3.05, 3.63) is 58.6 Å². The first-order chi connectivity index (χ1) is 11.1. The molecule has 3 aromatic rings. The van der Waals surface area contributed by atoms with E-state index < -0.39 is 4.92 Å². The fraction of sp³-hybridized carbons (Fsp3) is 0.125. The van der Waals surface area contributed by atoms with Crippen LogP contribution in [-0.2, 0) is 0 Å². The molecule has 0 aliphatic heterocycles. The normalized spacial score (nSPS) is 10.5. The molecule has 0 radical (unpaired) electrons. The van der Waals surface area contributed by atoms with Crippen molar-refractivity contribution in [3.63, 3.8) is 0 Å². The van der Waals surface area contributed by atoms with Gasteiger partial charge in [-0.1, -0.05) is 35.5 Å². The van der Waals surface area contributed by atoms with Crippen LogP contribution in [0.5, 0.6) is 0 Å². The lowest BCUT2D eigenvalue weighted by Gasteiger charge is -2.12. The standard InChI is InChI=1S/C16H14N4O3/c1-19(2)13-9-8-12(10-14(13)20(21)22)16-17-15(18-23-16)11-6-4-3-5-7-11/h3-10H,1-2H3. The summed E-state index contributed by atoms with van der Waals surface area (Å²) in [5, 5.41) is 15.2. The van der Waals surface area contributed by atoms with Crippen LogP contribution in [-0.4, -0.2) is 29.2 Å². The molecule has 116 valence electrons. The molecule has 0 unspecified atom stereocenters. The van der Waals surface area contributed by atoms with Crippen molar-refractivity contribution >= 4 is 11.4 Å². The number of nitro benzene ring substituents is 1. The number of nitrogens with zero attached hydrogens (tertiary/aromatic N) is 4. The molecule has 2 aromatic carbocycles. The SMILES string of the molecule is CN(C)c1ccc(-c2nc(-c3ccccc3)no2)cc1[N+](=O)[O-].